The van der Waals surface area contributed by atoms with Gasteiger partial charge in [0.15, 0.2) is 0 Å². The normalized spacial score (nSPS) is 11.0. The number of hydrogen-bond acceptors (Lipinski definition) is 4. The molecule has 2 N–H and O–H groups in total. The highest BCUT2D eigenvalue weighted by Crippen LogP contribution is 2.22. The molecule has 5 heteroatoms. The fourth-order valence-corrected chi connectivity index (χ4v) is 2.47. The van der Waals surface area contributed by atoms with Crippen LogP contribution < -0.4 is 10.6 Å². The largest absolute Gasteiger partial charge is 0.374 e. The Labute approximate surface area is 127 Å². The van der Waals surface area contributed by atoms with Crippen LogP contribution in [0.2, 0.25) is 0 Å². The Balaban J connectivity index is 2.03. The van der Waals surface area contributed by atoms with E-state index < -0.39 is 6.04 Å². The van der Waals surface area contributed by atoms with Crippen LogP contribution in [-0.4, -0.2) is 11.9 Å². The molecular weight excluding hydrogens is 282 g/mol. The summed E-state index contributed by atoms with van der Waals surface area (Å²) in [6.45, 7) is 1.75. The number of benzene rings is 1. The third-order valence-electron chi connectivity index (χ3n) is 2.83. The first-order valence-corrected chi connectivity index (χ1v) is 7.13. The van der Waals surface area contributed by atoms with Gasteiger partial charge < -0.3 is 10.6 Å². The lowest BCUT2D eigenvalue weighted by atomic mass is 10.2. The molecule has 0 spiro atoms. The molecule has 21 heavy (non-hydrogen) atoms. The summed E-state index contributed by atoms with van der Waals surface area (Å²) in [5.74, 6) is 2.34. The van der Waals surface area contributed by atoms with Crippen LogP contribution in [0.25, 0.3) is 0 Å². The SMILES string of the molecule is C#Cc1cccc(N[C@@H](C)C(=O)Nc2sccc2C#N)c1. The topological polar surface area (TPSA) is 64.9 Å². The summed E-state index contributed by atoms with van der Waals surface area (Å²) in [6.07, 6.45) is 5.35. The number of nitrogens with zero attached hydrogens (tertiary/aromatic N) is 1. The number of hydrogen-bond donors (Lipinski definition) is 2. The summed E-state index contributed by atoms with van der Waals surface area (Å²) >= 11 is 1.32. The molecule has 0 radical (unpaired) electrons. The van der Waals surface area contributed by atoms with Crippen LogP contribution in [0.15, 0.2) is 35.7 Å². The van der Waals surface area contributed by atoms with Gasteiger partial charge in [0.2, 0.25) is 5.91 Å². The first-order valence-electron chi connectivity index (χ1n) is 6.25. The molecule has 1 aromatic carbocycles. The fourth-order valence-electron chi connectivity index (χ4n) is 1.73. The molecule has 104 valence electrons. The van der Waals surface area contributed by atoms with Gasteiger partial charge in [0.05, 0.1) is 5.56 Å². The van der Waals surface area contributed by atoms with E-state index in [9.17, 15) is 4.79 Å². The van der Waals surface area contributed by atoms with Crippen LogP contribution in [-0.2, 0) is 4.79 Å². The summed E-state index contributed by atoms with van der Waals surface area (Å²) in [5, 5.41) is 17.1. The molecule has 0 saturated heterocycles. The van der Waals surface area contributed by atoms with Gasteiger partial charge in [-0.25, -0.2) is 0 Å². The lowest BCUT2D eigenvalue weighted by Gasteiger charge is -2.15. The molecule has 0 aliphatic rings. The van der Waals surface area contributed by atoms with Gasteiger partial charge in [0.25, 0.3) is 0 Å². The smallest absolute Gasteiger partial charge is 0.247 e. The van der Waals surface area contributed by atoms with Crippen LogP contribution in [0, 0.1) is 23.7 Å². The van der Waals surface area contributed by atoms with Crippen molar-refractivity contribution in [2.75, 3.05) is 10.6 Å². The first-order chi connectivity index (χ1) is 10.1. The molecule has 1 atom stereocenters. The van der Waals surface area contributed by atoms with Gasteiger partial charge in [-0.05, 0) is 36.6 Å². The summed E-state index contributed by atoms with van der Waals surface area (Å²) < 4.78 is 0. The van der Waals surface area contributed by atoms with Crippen molar-refractivity contribution in [1.82, 2.24) is 0 Å². The zero-order valence-electron chi connectivity index (χ0n) is 11.4. The van der Waals surface area contributed by atoms with Gasteiger partial charge in [-0.2, -0.15) is 5.26 Å². The van der Waals surface area contributed by atoms with Crippen molar-refractivity contribution in [3.05, 3.63) is 46.8 Å². The van der Waals surface area contributed by atoms with E-state index in [1.807, 2.05) is 24.3 Å². The molecule has 0 aliphatic heterocycles. The maximum absolute atomic E-state index is 12.1. The molecule has 1 aromatic heterocycles. The van der Waals surface area contributed by atoms with Crippen molar-refractivity contribution >= 4 is 27.9 Å². The molecule has 0 saturated carbocycles. The van der Waals surface area contributed by atoms with Crippen molar-refractivity contribution in [1.29, 1.82) is 5.26 Å². The van der Waals surface area contributed by atoms with E-state index in [1.165, 1.54) is 11.3 Å². The maximum Gasteiger partial charge on any atom is 0.247 e. The Morgan fingerprint density at radius 2 is 2.24 bits per heavy atom. The van der Waals surface area contributed by atoms with Crippen LogP contribution in [0.5, 0.6) is 0 Å². The zero-order valence-corrected chi connectivity index (χ0v) is 12.2. The molecule has 2 rings (SSSR count). The average molecular weight is 295 g/mol. The number of anilines is 2. The Kier molecular flexibility index (Phi) is 4.61. The summed E-state index contributed by atoms with van der Waals surface area (Å²) in [4.78, 5) is 12.1. The quantitative estimate of drug-likeness (QED) is 0.852. The summed E-state index contributed by atoms with van der Waals surface area (Å²) in [7, 11) is 0. The van der Waals surface area contributed by atoms with Crippen LogP contribution >= 0.6 is 11.3 Å². The van der Waals surface area contributed by atoms with E-state index in [1.54, 1.807) is 24.4 Å². The molecule has 2 aromatic rings. The minimum atomic E-state index is -0.452. The van der Waals surface area contributed by atoms with Crippen molar-refractivity contribution in [2.24, 2.45) is 0 Å². The highest BCUT2D eigenvalue weighted by molar-refractivity contribution is 7.14. The number of nitrogens with one attached hydrogen (secondary N) is 2. The molecule has 1 heterocycles. The van der Waals surface area contributed by atoms with E-state index in [0.717, 1.165) is 11.3 Å². The van der Waals surface area contributed by atoms with E-state index in [0.29, 0.717) is 10.6 Å². The average Bonchev–Trinajstić information content (AvgIpc) is 2.94. The molecule has 4 nitrogen and oxygen atoms in total. The van der Waals surface area contributed by atoms with Crippen LogP contribution in [0.1, 0.15) is 18.1 Å². The maximum atomic E-state index is 12.1. The van der Waals surface area contributed by atoms with Gasteiger partial charge in [-0.1, -0.05) is 12.0 Å². The van der Waals surface area contributed by atoms with Crippen LogP contribution in [0.4, 0.5) is 10.7 Å². The first kappa shape index (κ1) is 14.6. The molecule has 0 fully saturated rings. The minimum absolute atomic E-state index is 0.208. The van der Waals surface area contributed by atoms with Gasteiger partial charge in [0, 0.05) is 11.3 Å². The number of rotatable bonds is 4. The second-order valence-corrected chi connectivity index (χ2v) is 5.27. The summed E-state index contributed by atoms with van der Waals surface area (Å²) in [5.41, 5.74) is 1.99. The van der Waals surface area contributed by atoms with E-state index in [2.05, 4.69) is 16.6 Å². The number of thiophene rings is 1. The second kappa shape index (κ2) is 6.60. The van der Waals surface area contributed by atoms with Gasteiger partial charge in [-0.15, -0.1) is 17.8 Å². The number of carbonyl (C=O) groups is 1. The van der Waals surface area contributed by atoms with Crippen molar-refractivity contribution in [3.63, 3.8) is 0 Å². The van der Waals surface area contributed by atoms with Gasteiger partial charge >= 0.3 is 0 Å². The standard InChI is InChI=1S/C16H13N3OS/c1-3-12-5-4-6-14(9-12)18-11(2)15(20)19-16-13(10-17)7-8-21-16/h1,4-9,11,18H,2H3,(H,19,20)/t11-/m0/s1. The molecule has 0 aliphatic carbocycles. The third kappa shape index (κ3) is 3.62. The second-order valence-electron chi connectivity index (χ2n) is 4.36. The number of terminal acetylenes is 1. The minimum Gasteiger partial charge on any atom is -0.374 e. The van der Waals surface area contributed by atoms with E-state index >= 15 is 0 Å². The molecular formula is C16H13N3OS. The summed E-state index contributed by atoms with van der Waals surface area (Å²) in [6, 6.07) is 10.6. The van der Waals surface area contributed by atoms with E-state index in [4.69, 9.17) is 11.7 Å². The number of nitriles is 1. The highest BCUT2D eigenvalue weighted by Gasteiger charge is 2.15. The Morgan fingerprint density at radius 3 is 2.95 bits per heavy atom. The van der Waals surface area contributed by atoms with E-state index in [-0.39, 0.29) is 5.91 Å². The lowest BCUT2D eigenvalue weighted by molar-refractivity contribution is -0.116. The van der Waals surface area contributed by atoms with Gasteiger partial charge in [-0.3, -0.25) is 4.79 Å². The Bertz CT molecular complexity index is 736. The zero-order chi connectivity index (χ0) is 15.2. The monoisotopic (exact) mass is 295 g/mol. The predicted octanol–water partition coefficient (Wildman–Crippen LogP) is 3.04. The Hall–Kier alpha value is -2.76. The number of amides is 1. The molecule has 0 unspecified atom stereocenters. The van der Waals surface area contributed by atoms with Crippen molar-refractivity contribution < 1.29 is 4.79 Å². The predicted molar refractivity (Wildman–Crippen MR) is 85.1 cm³/mol. The molecule has 1 amide bonds. The fraction of sp³-hybridized carbons (Fsp3) is 0.125. The van der Waals surface area contributed by atoms with Crippen LogP contribution in [0.3, 0.4) is 0 Å². The number of carbonyl (C=O) groups excluding carboxylic acids is 1. The van der Waals surface area contributed by atoms with Gasteiger partial charge in [0.1, 0.15) is 17.1 Å². The highest BCUT2D eigenvalue weighted by atomic mass is 32.1. The molecule has 0 bridgehead atoms. The van der Waals surface area contributed by atoms with Crippen molar-refractivity contribution in [3.8, 4) is 18.4 Å². The lowest BCUT2D eigenvalue weighted by Crippen LogP contribution is -2.31. The Morgan fingerprint density at radius 1 is 1.43 bits per heavy atom. The third-order valence-corrected chi connectivity index (χ3v) is 3.66. The van der Waals surface area contributed by atoms with Crippen molar-refractivity contribution in [2.45, 2.75) is 13.0 Å².